The summed E-state index contributed by atoms with van der Waals surface area (Å²) in [7, 11) is 3.70. The van der Waals surface area contributed by atoms with E-state index in [4.69, 9.17) is 9.47 Å². The normalized spacial score (nSPS) is 13.7. The van der Waals surface area contributed by atoms with E-state index in [0.29, 0.717) is 4.12 Å². The van der Waals surface area contributed by atoms with Crippen LogP contribution in [0.3, 0.4) is 0 Å². The van der Waals surface area contributed by atoms with Crippen molar-refractivity contribution in [2.45, 2.75) is 76.7 Å². The van der Waals surface area contributed by atoms with Gasteiger partial charge in [0, 0.05) is 0 Å². The first kappa shape index (κ1) is 23.6. The maximum atomic E-state index is 6.20. The Balaban J connectivity index is 3.23. The molecule has 1 aromatic rings. The third-order valence-corrected chi connectivity index (χ3v) is 21.7. The molecule has 0 fully saturated rings. The Labute approximate surface area is 166 Å². The summed E-state index contributed by atoms with van der Waals surface area (Å²) < 4.78 is 16.6. The zero-order valence-corrected chi connectivity index (χ0v) is 20.6. The van der Waals surface area contributed by atoms with Gasteiger partial charge in [-0.05, 0) is 0 Å². The summed E-state index contributed by atoms with van der Waals surface area (Å²) in [6.07, 6.45) is 10.2. The van der Waals surface area contributed by atoms with Crippen LogP contribution < -0.4 is 0 Å². The van der Waals surface area contributed by atoms with Crippen molar-refractivity contribution in [1.29, 1.82) is 0 Å². The second-order valence-corrected chi connectivity index (χ2v) is 21.1. The molecule has 0 saturated heterocycles. The van der Waals surface area contributed by atoms with E-state index in [1.54, 1.807) is 7.11 Å². The number of ether oxygens (including phenoxy) is 2. The summed E-state index contributed by atoms with van der Waals surface area (Å²) in [5.74, 6) is 0.975. The molecule has 2 nitrogen and oxygen atoms in total. The molecular weight excluding hydrogens is 427 g/mol. The molecule has 0 heterocycles. The quantitative estimate of drug-likeness (QED) is 0.215. The first-order chi connectivity index (χ1) is 12.7. The Kier molecular flexibility index (Phi) is 12.4. The van der Waals surface area contributed by atoms with Crippen LogP contribution >= 0.6 is 0 Å². The maximum absolute atomic E-state index is 6.20. The molecule has 0 aliphatic rings. The predicted octanol–water partition coefficient (Wildman–Crippen LogP) is 7.08. The van der Waals surface area contributed by atoms with Crippen LogP contribution in [0.5, 0.6) is 0 Å². The van der Waals surface area contributed by atoms with Crippen molar-refractivity contribution >= 4 is 24.1 Å². The van der Waals surface area contributed by atoms with Gasteiger partial charge in [-0.3, -0.25) is 0 Å². The number of unbranched alkanes of at least 4 members (excludes halogenated alkanes) is 3. The molecule has 0 saturated carbocycles. The molecule has 0 spiro atoms. The summed E-state index contributed by atoms with van der Waals surface area (Å²) in [5, 5.41) is 0. The second kappa shape index (κ2) is 13.7. The zero-order chi connectivity index (χ0) is 19.3. The summed E-state index contributed by atoms with van der Waals surface area (Å²) in [5.41, 5.74) is 1.15. The predicted molar refractivity (Wildman–Crippen MR) is 117 cm³/mol. The van der Waals surface area contributed by atoms with Crippen molar-refractivity contribution in [3.05, 3.63) is 42.0 Å². The van der Waals surface area contributed by atoms with Crippen LogP contribution in [0.15, 0.2) is 36.4 Å². The molecule has 26 heavy (non-hydrogen) atoms. The Hall–Kier alpha value is -0.481. The van der Waals surface area contributed by atoms with E-state index in [1.165, 1.54) is 51.8 Å². The van der Waals surface area contributed by atoms with Gasteiger partial charge < -0.3 is 0 Å². The number of hydrogen-bond acceptors (Lipinski definition) is 2. The van der Waals surface area contributed by atoms with Gasteiger partial charge in [0.15, 0.2) is 0 Å². The van der Waals surface area contributed by atoms with Crippen LogP contribution in [0.25, 0.3) is 5.76 Å². The number of hydrogen-bond donors (Lipinski definition) is 0. The van der Waals surface area contributed by atoms with Crippen molar-refractivity contribution in [2.75, 3.05) is 14.2 Å². The van der Waals surface area contributed by atoms with Gasteiger partial charge in [-0.15, -0.1) is 0 Å². The Morgan fingerprint density at radius 2 is 1.38 bits per heavy atom. The summed E-state index contributed by atoms with van der Waals surface area (Å²) in [6.45, 7) is 6.95. The van der Waals surface area contributed by atoms with E-state index >= 15 is 0 Å². The minimum absolute atomic E-state index is 0.295. The molecule has 3 heteroatoms. The van der Waals surface area contributed by atoms with E-state index < -0.39 is 18.4 Å². The fraction of sp³-hybridized carbons (Fsp3) is 0.652. The number of methoxy groups -OCH3 is 2. The van der Waals surface area contributed by atoms with Crippen LogP contribution in [0.1, 0.15) is 64.9 Å². The van der Waals surface area contributed by atoms with E-state index in [1.807, 2.05) is 7.11 Å². The van der Waals surface area contributed by atoms with Crippen molar-refractivity contribution in [2.24, 2.45) is 0 Å². The van der Waals surface area contributed by atoms with Crippen LogP contribution in [0, 0.1) is 0 Å². The Bertz CT molecular complexity index is 476. The molecule has 0 bridgehead atoms. The van der Waals surface area contributed by atoms with Gasteiger partial charge in [0.25, 0.3) is 0 Å². The number of rotatable bonds is 14. The second-order valence-electron chi connectivity index (χ2n) is 7.43. The van der Waals surface area contributed by atoms with Gasteiger partial charge in [0.05, 0.1) is 0 Å². The van der Waals surface area contributed by atoms with Gasteiger partial charge >= 0.3 is 167 Å². The third-order valence-electron chi connectivity index (χ3n) is 5.52. The van der Waals surface area contributed by atoms with Gasteiger partial charge in [0.1, 0.15) is 0 Å². The molecule has 1 atom stereocenters. The van der Waals surface area contributed by atoms with E-state index in [-0.39, 0.29) is 0 Å². The average molecular weight is 467 g/mol. The minimum atomic E-state index is -2.49. The summed E-state index contributed by atoms with van der Waals surface area (Å²) >= 11 is -2.49. The molecule has 0 aliphatic carbocycles. The van der Waals surface area contributed by atoms with Gasteiger partial charge in [0.2, 0.25) is 0 Å². The topological polar surface area (TPSA) is 18.5 Å². The summed E-state index contributed by atoms with van der Waals surface area (Å²) in [6, 6.07) is 10.5. The summed E-state index contributed by atoms with van der Waals surface area (Å²) in [4.78, 5) is 0. The fourth-order valence-electron chi connectivity index (χ4n) is 3.91. The van der Waals surface area contributed by atoms with Crippen molar-refractivity contribution in [1.82, 2.24) is 0 Å². The molecule has 1 unspecified atom stereocenters. The van der Waals surface area contributed by atoms with Crippen molar-refractivity contribution < 1.29 is 9.47 Å². The molecule has 148 valence electrons. The average Bonchev–Trinajstić information content (AvgIpc) is 2.69. The first-order valence-electron chi connectivity index (χ1n) is 10.5. The van der Waals surface area contributed by atoms with E-state index in [9.17, 15) is 0 Å². The Morgan fingerprint density at radius 3 is 1.77 bits per heavy atom. The zero-order valence-electron chi connectivity index (χ0n) is 17.7. The molecular formula is C23H40O2Sn. The molecule has 0 aromatic heterocycles. The van der Waals surface area contributed by atoms with Gasteiger partial charge in [-0.2, -0.15) is 0 Å². The van der Waals surface area contributed by atoms with Gasteiger partial charge in [-0.1, -0.05) is 0 Å². The Morgan fingerprint density at radius 1 is 0.885 bits per heavy atom. The molecule has 0 radical (unpaired) electrons. The fourth-order valence-corrected chi connectivity index (χ4v) is 20.4. The van der Waals surface area contributed by atoms with Crippen molar-refractivity contribution in [3.63, 3.8) is 0 Å². The van der Waals surface area contributed by atoms with Crippen LogP contribution in [-0.4, -0.2) is 36.7 Å². The number of benzene rings is 1. The van der Waals surface area contributed by atoms with Gasteiger partial charge in [-0.25, -0.2) is 0 Å². The van der Waals surface area contributed by atoms with Crippen LogP contribution in [0.2, 0.25) is 13.3 Å². The SMILES string of the molecule is CCC[CH2][Sn]([CH2]CCC)([CH2]CCC)[CH](/C=C(/OC)c1ccccc1)OC. The molecule has 0 amide bonds. The van der Waals surface area contributed by atoms with Crippen LogP contribution in [0.4, 0.5) is 0 Å². The van der Waals surface area contributed by atoms with Crippen LogP contribution in [-0.2, 0) is 9.47 Å². The standard InChI is InChI=1S/C11H13O2.3C4H9.Sn/c1-12-9-8-11(13-2)10-6-4-3-5-7-10;3*1-3-4-2;/h3-9H,1-2H3;3*1,3-4H2,2H3;/b11-8+;;;;. The van der Waals surface area contributed by atoms with E-state index in [0.717, 1.165) is 11.3 Å². The molecule has 0 aliphatic heterocycles. The van der Waals surface area contributed by atoms with E-state index in [2.05, 4.69) is 57.2 Å². The third kappa shape index (κ3) is 7.26. The molecule has 0 N–H and O–H groups in total. The molecule has 1 rings (SSSR count). The monoisotopic (exact) mass is 468 g/mol. The van der Waals surface area contributed by atoms with Crippen molar-refractivity contribution in [3.8, 4) is 0 Å². The molecule has 1 aromatic carbocycles. The first-order valence-corrected chi connectivity index (χ1v) is 18.2.